The number of hydrogen-bond acceptors (Lipinski definition) is 21. The van der Waals surface area contributed by atoms with Crippen molar-refractivity contribution in [2.45, 2.75) is 214 Å². The first-order valence-corrected chi connectivity index (χ1v) is 36.0. The number of hydrogen-bond donors (Lipinski definition) is 1. The van der Waals surface area contributed by atoms with E-state index in [4.69, 9.17) is 42.6 Å². The number of anilines is 2. The van der Waals surface area contributed by atoms with Gasteiger partial charge in [0.2, 0.25) is 0 Å². The van der Waals surface area contributed by atoms with E-state index in [1.807, 2.05) is 107 Å². The van der Waals surface area contributed by atoms with Gasteiger partial charge in [-0.3, -0.25) is 19.4 Å². The van der Waals surface area contributed by atoms with Gasteiger partial charge in [-0.1, -0.05) is 108 Å². The monoisotopic (exact) mass is 1440 g/mol. The molecule has 2 aliphatic heterocycles. The normalized spacial score (nSPS) is 17.0. The molecule has 8 atom stereocenters. The molecule has 0 aromatic heterocycles. The van der Waals surface area contributed by atoms with Crippen LogP contribution in [0.4, 0.5) is 21.0 Å². The molecule has 4 amide bonds. The second-order valence-electron chi connectivity index (χ2n) is 30.1. The number of benzene rings is 3. The molecule has 0 radical (unpaired) electrons. The number of carbonyl (C=O) groups excluding carboxylic acids is 9. The summed E-state index contributed by atoms with van der Waals surface area (Å²) in [7, 11) is 5.86. The molecule has 1 N–H and O–H groups in total. The molecule has 4 aliphatic rings. The highest BCUT2D eigenvalue weighted by Gasteiger charge is 2.44. The zero-order chi connectivity index (χ0) is 76.0. The van der Waals surface area contributed by atoms with Crippen molar-refractivity contribution < 1.29 is 95.7 Å². The van der Waals surface area contributed by atoms with Crippen LogP contribution in [-0.4, -0.2) is 225 Å². The summed E-state index contributed by atoms with van der Waals surface area (Å²) in [5.41, 5.74) is 2.65. The first-order chi connectivity index (χ1) is 48.5. The highest BCUT2D eigenvalue weighted by atomic mass is 16.6. The number of nitrogens with zero attached hydrogens (tertiary/aromatic N) is 6. The minimum Gasteiger partial charge on any atom is -0.479 e. The fraction of sp³-hybridized carbons (Fsp3) is 0.636. The first-order valence-electron chi connectivity index (χ1n) is 36.0. The fourth-order valence-corrected chi connectivity index (χ4v) is 11.6. The van der Waals surface area contributed by atoms with Gasteiger partial charge in [-0.15, -0.1) is 0 Å². The summed E-state index contributed by atoms with van der Waals surface area (Å²) >= 11 is 0. The van der Waals surface area contributed by atoms with Gasteiger partial charge < -0.3 is 67.3 Å². The number of carboxylic acids is 1. The molecule has 570 valence electrons. The van der Waals surface area contributed by atoms with Crippen LogP contribution in [0.15, 0.2) is 78.9 Å². The van der Waals surface area contributed by atoms with Gasteiger partial charge in [0.1, 0.15) is 42.0 Å². The Hall–Kier alpha value is -8.52. The van der Waals surface area contributed by atoms with Crippen LogP contribution >= 0.6 is 0 Å². The van der Waals surface area contributed by atoms with Crippen molar-refractivity contribution in [1.29, 1.82) is 0 Å². The lowest BCUT2D eigenvalue weighted by Gasteiger charge is -2.33. The quantitative estimate of drug-likeness (QED) is 0.0449. The van der Waals surface area contributed by atoms with Crippen molar-refractivity contribution >= 4 is 71.2 Å². The average molecular weight is 1440 g/mol. The Kier molecular flexibility index (Phi) is 31.5. The average Bonchev–Trinajstić information content (AvgIpc) is 1.68. The third-order valence-corrected chi connectivity index (χ3v) is 17.9. The number of ether oxygens (including phenoxy) is 9. The van der Waals surface area contributed by atoms with Crippen LogP contribution in [0, 0.1) is 23.7 Å². The van der Waals surface area contributed by atoms with E-state index in [1.165, 1.54) is 61.6 Å². The highest BCUT2D eigenvalue weighted by molar-refractivity contribution is 5.92. The molecular weight excluding hydrogens is 1330 g/mol. The Bertz CT molecular complexity index is 3280. The molecule has 2 heterocycles. The summed E-state index contributed by atoms with van der Waals surface area (Å²) in [5.74, 6) is -6.11. The fourth-order valence-electron chi connectivity index (χ4n) is 11.6. The largest absolute Gasteiger partial charge is 0.479 e. The Morgan fingerprint density at radius 2 is 0.806 bits per heavy atom. The molecule has 26 heteroatoms. The zero-order valence-corrected chi connectivity index (χ0v) is 63.3. The van der Waals surface area contributed by atoms with Crippen molar-refractivity contribution in [1.82, 2.24) is 19.6 Å². The van der Waals surface area contributed by atoms with Crippen molar-refractivity contribution in [3.05, 3.63) is 95.6 Å². The third kappa shape index (κ3) is 27.6. The van der Waals surface area contributed by atoms with Crippen LogP contribution < -0.4 is 9.80 Å². The highest BCUT2D eigenvalue weighted by Crippen LogP contribution is 2.37. The number of likely N-dealkylation sites (N-methyl/N-ethyl adjacent to an activating group) is 4. The molecule has 2 aliphatic carbocycles. The summed E-state index contributed by atoms with van der Waals surface area (Å²) in [5, 5.41) is 9.30. The third-order valence-electron chi connectivity index (χ3n) is 17.9. The minimum absolute atomic E-state index is 0.000417. The van der Waals surface area contributed by atoms with Crippen molar-refractivity contribution in [3.63, 3.8) is 0 Å². The maximum absolute atomic E-state index is 14.5. The predicted octanol–water partition coefficient (Wildman–Crippen LogP) is 9.46. The van der Waals surface area contributed by atoms with Gasteiger partial charge in [0.15, 0.2) is 24.4 Å². The number of aliphatic carboxylic acids is 1. The van der Waals surface area contributed by atoms with Gasteiger partial charge in [-0.25, -0.2) is 38.4 Å². The van der Waals surface area contributed by atoms with E-state index in [0.717, 1.165) is 74.4 Å². The second kappa shape index (κ2) is 38.8. The molecule has 3 aromatic carbocycles. The Morgan fingerprint density at radius 1 is 0.456 bits per heavy atom. The van der Waals surface area contributed by atoms with Crippen molar-refractivity contribution in [2.75, 3.05) is 90.6 Å². The van der Waals surface area contributed by atoms with E-state index >= 15 is 0 Å². The van der Waals surface area contributed by atoms with Crippen LogP contribution in [0.1, 0.15) is 151 Å². The molecular formula is C77H112N6O20. The van der Waals surface area contributed by atoms with Crippen LogP contribution in [0.5, 0.6) is 0 Å². The van der Waals surface area contributed by atoms with Crippen molar-refractivity contribution in [3.8, 4) is 0 Å². The lowest BCUT2D eigenvalue weighted by Crippen LogP contribution is -2.52. The van der Waals surface area contributed by atoms with E-state index in [1.54, 1.807) is 41.5 Å². The number of esters is 5. The number of carbonyl (C=O) groups is 10. The summed E-state index contributed by atoms with van der Waals surface area (Å²) in [6.07, 6.45) is -1.91. The van der Waals surface area contributed by atoms with Gasteiger partial charge in [-0.05, 0) is 146 Å². The van der Waals surface area contributed by atoms with Crippen molar-refractivity contribution in [2.24, 2.45) is 23.7 Å². The number of rotatable bonds is 32. The van der Waals surface area contributed by atoms with E-state index in [0.29, 0.717) is 44.8 Å². The Balaban J connectivity index is 0.000000327. The zero-order valence-electron chi connectivity index (χ0n) is 63.3. The summed E-state index contributed by atoms with van der Waals surface area (Å²) in [6, 6.07) is 20.2. The molecule has 26 nitrogen and oxygen atoms in total. The molecule has 0 unspecified atom stereocenters. The second-order valence-corrected chi connectivity index (χ2v) is 30.1. The molecule has 4 fully saturated rings. The van der Waals surface area contributed by atoms with E-state index < -0.39 is 120 Å². The Morgan fingerprint density at radius 3 is 1.14 bits per heavy atom. The topological polar surface area (TPSA) is 293 Å². The molecule has 0 spiro atoms. The molecule has 2 saturated carbocycles. The number of morpholine rings is 2. The van der Waals surface area contributed by atoms with Gasteiger partial charge >= 0.3 is 48.0 Å². The van der Waals surface area contributed by atoms with Crippen LogP contribution in [0.3, 0.4) is 0 Å². The van der Waals surface area contributed by atoms with Crippen LogP contribution in [-0.2, 0) is 100 Å². The first kappa shape index (κ1) is 83.4. The lowest BCUT2D eigenvalue weighted by molar-refractivity contribution is -0.174. The van der Waals surface area contributed by atoms with Crippen LogP contribution in [0.25, 0.3) is 0 Å². The lowest BCUT2D eigenvalue weighted by atomic mass is 10.0. The van der Waals surface area contributed by atoms with Gasteiger partial charge in [0, 0.05) is 78.6 Å². The molecule has 103 heavy (non-hydrogen) atoms. The van der Waals surface area contributed by atoms with Crippen LogP contribution in [0.2, 0.25) is 0 Å². The minimum atomic E-state index is -1.42. The standard InChI is InChI=1S/C42H59N3O10.C35H53N3O10/c1-28(2)24-34(39(48)53-29(3)38(47)52-27-32-12-10-9-11-13-32)43(7)37(46)36(26-31-16-18-33(19-17-31)45-20-22-51-23-21-45)54-40(49)35(25-30-14-15-30)44(8)41(50)55-42(4,5)6;1-22(2)19-27(32(42)46-23(3)31(40)41)36(7)30(39)29(21-25-11-13-26(14-12-25)38-15-17-45-18-16-38)47-33(43)28(20-24-9-10-24)37(8)34(44)48-35(4,5)6/h9-13,16-19,28-30,34-36H,14-15,20-27H2,1-8H3;11-14,22-24,27-29H,9-10,15-21H2,1-8H3,(H,40,41)/t29-,34+,35+,36-;23-,27+,28+,29-/m11/s1. The number of carboxylic acid groups (broad SMARTS) is 1. The molecule has 2 saturated heterocycles. The number of amides is 4. The van der Waals surface area contributed by atoms with E-state index in [9.17, 15) is 53.1 Å². The van der Waals surface area contributed by atoms with Gasteiger partial charge in [-0.2, -0.15) is 0 Å². The SMILES string of the molecule is CC(C)C[C@@H](C(=O)O[C@H](C)C(=O)O)N(C)C(=O)[C@@H](Cc1ccc(N2CCOCC2)cc1)OC(=O)[C@H](CC1CC1)N(C)C(=O)OC(C)(C)C.CC(C)C[C@@H](C(=O)O[C@H](C)C(=O)OCc1ccccc1)N(C)C(=O)[C@@H](Cc1ccc(N2CCOCC2)cc1)OC(=O)[C@H](CC1CC1)N(C)C(=O)OC(C)(C)C. The maximum Gasteiger partial charge on any atom is 0.410 e. The van der Waals surface area contributed by atoms with E-state index in [2.05, 4.69) is 9.80 Å². The maximum atomic E-state index is 14.5. The summed E-state index contributed by atoms with van der Waals surface area (Å²) in [4.78, 5) is 143. The molecule has 3 aromatic rings. The molecule has 7 rings (SSSR count). The van der Waals surface area contributed by atoms with E-state index in [-0.39, 0.29) is 56.0 Å². The summed E-state index contributed by atoms with van der Waals surface area (Å²) < 4.78 is 50.2. The van der Waals surface area contributed by atoms with Gasteiger partial charge in [0.25, 0.3) is 11.8 Å². The Labute approximate surface area is 607 Å². The molecule has 0 bridgehead atoms. The predicted molar refractivity (Wildman–Crippen MR) is 383 cm³/mol. The smallest absolute Gasteiger partial charge is 0.410 e. The summed E-state index contributed by atoms with van der Waals surface area (Å²) in [6.45, 7) is 26.2. The van der Waals surface area contributed by atoms with Gasteiger partial charge in [0.05, 0.1) is 26.4 Å².